The van der Waals surface area contributed by atoms with Gasteiger partial charge in [-0.25, -0.2) is 15.0 Å². The van der Waals surface area contributed by atoms with Crippen molar-refractivity contribution in [2.75, 3.05) is 0 Å². The van der Waals surface area contributed by atoms with E-state index in [1.807, 2.05) is 6.07 Å². The highest BCUT2D eigenvalue weighted by Gasteiger charge is 2.25. The molecule has 3 heteroatoms. The van der Waals surface area contributed by atoms with Crippen LogP contribution in [0, 0.1) is 0 Å². The first-order chi connectivity index (χ1) is 35.7. The minimum Gasteiger partial charge on any atom is -0.246 e. The molecule has 0 N–H and O–H groups in total. The molecule has 0 bridgehead atoms. The van der Waals surface area contributed by atoms with Crippen LogP contribution >= 0.6 is 0 Å². The summed E-state index contributed by atoms with van der Waals surface area (Å²) < 4.78 is 0. The van der Waals surface area contributed by atoms with Crippen LogP contribution in [0.4, 0.5) is 0 Å². The normalized spacial score (nSPS) is 11.1. The second-order valence-electron chi connectivity index (χ2n) is 17.9. The van der Waals surface area contributed by atoms with E-state index in [1.165, 1.54) is 0 Å². The van der Waals surface area contributed by atoms with Gasteiger partial charge >= 0.3 is 0 Å². The van der Waals surface area contributed by atoms with Crippen LogP contribution in [0.5, 0.6) is 0 Å². The molecular formula is C69H47N3. The molecule has 2 heterocycles. The van der Waals surface area contributed by atoms with Gasteiger partial charge in [-0.1, -0.05) is 255 Å². The fourth-order valence-corrected chi connectivity index (χ4v) is 9.80. The quantitative estimate of drug-likeness (QED) is 0.130. The van der Waals surface area contributed by atoms with Gasteiger partial charge in [0.2, 0.25) is 0 Å². The minimum absolute atomic E-state index is 0.667. The second-order valence-corrected chi connectivity index (χ2v) is 17.9. The zero-order valence-electron chi connectivity index (χ0n) is 39.5. The highest BCUT2D eigenvalue weighted by Crippen LogP contribution is 2.49. The summed E-state index contributed by atoms with van der Waals surface area (Å²) >= 11 is 0. The molecule has 0 radical (unpaired) electrons. The number of aromatic nitrogens is 3. The second kappa shape index (κ2) is 19.8. The van der Waals surface area contributed by atoms with Crippen molar-refractivity contribution in [3.05, 3.63) is 285 Å². The molecule has 0 aliphatic carbocycles. The van der Waals surface area contributed by atoms with Crippen LogP contribution in [0.3, 0.4) is 0 Å². The number of nitrogens with zero attached hydrogens (tertiary/aromatic N) is 3. The van der Waals surface area contributed by atoms with Crippen molar-refractivity contribution in [2.24, 2.45) is 0 Å². The summed E-state index contributed by atoms with van der Waals surface area (Å²) in [6.45, 7) is 0. The molecule has 12 aromatic rings. The summed E-state index contributed by atoms with van der Waals surface area (Å²) in [5, 5.41) is 0. The van der Waals surface area contributed by atoms with E-state index in [0.29, 0.717) is 5.82 Å². The number of benzene rings is 10. The largest absolute Gasteiger partial charge is 0.246 e. The molecule has 338 valence electrons. The van der Waals surface area contributed by atoms with Gasteiger partial charge in [0.1, 0.15) is 0 Å². The molecule has 0 spiro atoms. The lowest BCUT2D eigenvalue weighted by Gasteiger charge is -2.23. The van der Waals surface area contributed by atoms with E-state index in [0.717, 1.165) is 117 Å². The van der Waals surface area contributed by atoms with Crippen LogP contribution in [-0.4, -0.2) is 15.0 Å². The molecule has 0 amide bonds. The Kier molecular flexibility index (Phi) is 12.0. The average molecular weight is 918 g/mol. The highest BCUT2D eigenvalue weighted by molar-refractivity contribution is 6.05. The van der Waals surface area contributed by atoms with Crippen LogP contribution in [-0.2, 0) is 0 Å². The third-order valence-corrected chi connectivity index (χ3v) is 13.3. The standard InChI is InChI=1S/C69H47N3/c1-7-23-48(24-8-1)54-35-19-39-58(43-54)62-47-63(71-69(70-62)61-42-22-36-55(46-61)49-25-9-2-10-26-49)59-40-20-37-56(44-59)57-38-21-41-60(45-57)64-65(50-27-11-3-12-28-50)67(52-31-15-5-16-32-52)72-68(53-33-17-6-18-34-53)66(64)51-29-13-4-14-30-51/h1-47H. The fraction of sp³-hybridized carbons (Fsp3) is 0. The number of pyridine rings is 1. The predicted octanol–water partition coefficient (Wildman–Crippen LogP) is 18.2. The first-order valence-corrected chi connectivity index (χ1v) is 24.4. The average Bonchev–Trinajstić information content (AvgIpc) is 3.48. The van der Waals surface area contributed by atoms with Gasteiger partial charge in [0.25, 0.3) is 0 Å². The first-order valence-electron chi connectivity index (χ1n) is 24.4. The Morgan fingerprint density at radius 1 is 0.167 bits per heavy atom. The van der Waals surface area contributed by atoms with E-state index in [2.05, 4.69) is 279 Å². The molecule has 2 aromatic heterocycles. The van der Waals surface area contributed by atoms with Crippen molar-refractivity contribution in [1.82, 2.24) is 15.0 Å². The zero-order valence-corrected chi connectivity index (χ0v) is 39.5. The molecule has 3 nitrogen and oxygen atoms in total. The van der Waals surface area contributed by atoms with E-state index in [1.54, 1.807) is 0 Å². The molecule has 0 aliphatic rings. The zero-order chi connectivity index (χ0) is 48.1. The van der Waals surface area contributed by atoms with Gasteiger partial charge in [-0.2, -0.15) is 0 Å². The highest BCUT2D eigenvalue weighted by atomic mass is 14.9. The van der Waals surface area contributed by atoms with Gasteiger partial charge in [-0.05, 0) is 80.4 Å². The summed E-state index contributed by atoms with van der Waals surface area (Å²) in [5.74, 6) is 0.667. The maximum absolute atomic E-state index is 5.66. The first kappa shape index (κ1) is 43.7. The van der Waals surface area contributed by atoms with Gasteiger partial charge in [-0.15, -0.1) is 0 Å². The number of hydrogen-bond acceptors (Lipinski definition) is 3. The van der Waals surface area contributed by atoms with Crippen molar-refractivity contribution in [3.63, 3.8) is 0 Å². The summed E-state index contributed by atoms with van der Waals surface area (Å²) in [5.41, 5.74) is 22.0. The molecular weight excluding hydrogens is 871 g/mol. The molecule has 0 saturated carbocycles. The van der Waals surface area contributed by atoms with Crippen molar-refractivity contribution < 1.29 is 0 Å². The lowest BCUT2D eigenvalue weighted by Crippen LogP contribution is -2.01. The smallest absolute Gasteiger partial charge is 0.160 e. The topological polar surface area (TPSA) is 38.7 Å². The third-order valence-electron chi connectivity index (χ3n) is 13.3. The van der Waals surface area contributed by atoms with E-state index in [9.17, 15) is 0 Å². The molecule has 0 unspecified atom stereocenters. The monoisotopic (exact) mass is 917 g/mol. The number of rotatable bonds is 11. The van der Waals surface area contributed by atoms with Crippen LogP contribution in [0.25, 0.3) is 123 Å². The van der Waals surface area contributed by atoms with Gasteiger partial charge < -0.3 is 0 Å². The summed E-state index contributed by atoms with van der Waals surface area (Å²) in [6, 6.07) is 101. The van der Waals surface area contributed by atoms with Gasteiger partial charge in [0.15, 0.2) is 5.82 Å². The molecule has 72 heavy (non-hydrogen) atoms. The van der Waals surface area contributed by atoms with Crippen molar-refractivity contribution >= 4 is 0 Å². The minimum atomic E-state index is 0.667. The predicted molar refractivity (Wildman–Crippen MR) is 300 cm³/mol. The lowest BCUT2D eigenvalue weighted by molar-refractivity contribution is 1.18. The molecule has 10 aromatic carbocycles. The Labute approximate surface area is 421 Å². The Balaban J connectivity index is 1.04. The van der Waals surface area contributed by atoms with E-state index in [4.69, 9.17) is 15.0 Å². The Bertz CT molecular complexity index is 3620. The van der Waals surface area contributed by atoms with Gasteiger partial charge in [0.05, 0.1) is 22.8 Å². The maximum Gasteiger partial charge on any atom is 0.160 e. The fourth-order valence-electron chi connectivity index (χ4n) is 9.80. The molecule has 0 aliphatic heterocycles. The van der Waals surface area contributed by atoms with E-state index in [-0.39, 0.29) is 0 Å². The number of hydrogen-bond donors (Lipinski definition) is 0. The molecule has 0 atom stereocenters. The molecule has 0 fully saturated rings. The Morgan fingerprint density at radius 3 is 0.847 bits per heavy atom. The molecule has 12 rings (SSSR count). The van der Waals surface area contributed by atoms with E-state index < -0.39 is 0 Å². The van der Waals surface area contributed by atoms with Crippen molar-refractivity contribution in [1.29, 1.82) is 0 Å². The summed E-state index contributed by atoms with van der Waals surface area (Å²) in [7, 11) is 0. The van der Waals surface area contributed by atoms with Crippen LogP contribution in [0.15, 0.2) is 285 Å². The van der Waals surface area contributed by atoms with Gasteiger partial charge in [-0.3, -0.25) is 0 Å². The van der Waals surface area contributed by atoms with Crippen molar-refractivity contribution in [3.8, 4) is 123 Å². The van der Waals surface area contributed by atoms with Crippen molar-refractivity contribution in [2.45, 2.75) is 0 Å². The van der Waals surface area contributed by atoms with Crippen LogP contribution in [0.1, 0.15) is 0 Å². The maximum atomic E-state index is 5.66. The molecule has 0 saturated heterocycles. The summed E-state index contributed by atoms with van der Waals surface area (Å²) in [4.78, 5) is 16.3. The Hall–Kier alpha value is -9.57. The third kappa shape index (κ3) is 8.95. The van der Waals surface area contributed by atoms with Gasteiger partial charge in [0, 0.05) is 44.5 Å². The lowest BCUT2D eigenvalue weighted by atomic mass is 9.82. The Morgan fingerprint density at radius 2 is 0.444 bits per heavy atom. The SMILES string of the molecule is c1ccc(-c2cccc(-c3cc(-c4cccc(-c5cccc(-c6c(-c7ccccc7)c(-c7ccccc7)nc(-c7ccccc7)c6-c6ccccc6)c5)c4)nc(-c4cccc(-c5ccccc5)c4)n3)c2)cc1. The van der Waals surface area contributed by atoms with E-state index >= 15 is 0 Å². The summed E-state index contributed by atoms with van der Waals surface area (Å²) in [6.07, 6.45) is 0. The van der Waals surface area contributed by atoms with Crippen LogP contribution < -0.4 is 0 Å². The van der Waals surface area contributed by atoms with Crippen LogP contribution in [0.2, 0.25) is 0 Å².